The Morgan fingerprint density at radius 3 is 2.25 bits per heavy atom. The van der Waals surface area contributed by atoms with Gasteiger partial charge in [-0.25, -0.2) is 0 Å². The van der Waals surface area contributed by atoms with Gasteiger partial charge in [-0.05, 0) is 36.8 Å². The molecule has 0 radical (unpaired) electrons. The first kappa shape index (κ1) is 15.8. The van der Waals surface area contributed by atoms with Gasteiger partial charge >= 0.3 is 0 Å². The van der Waals surface area contributed by atoms with E-state index in [1.54, 1.807) is 24.3 Å². The Morgan fingerprint density at radius 2 is 1.70 bits per heavy atom. The second-order valence-corrected chi connectivity index (χ2v) is 6.75. The molecule has 2 nitrogen and oxygen atoms in total. The molecule has 104 valence electrons. The molecule has 0 aliphatic heterocycles. The first-order valence-corrected chi connectivity index (χ1v) is 7.94. The lowest BCUT2D eigenvalue weighted by Crippen LogP contribution is -2.12. The molecule has 0 heterocycles. The van der Waals surface area contributed by atoms with Crippen LogP contribution in [0.4, 0.5) is 5.69 Å². The van der Waals surface area contributed by atoms with E-state index in [9.17, 15) is 4.79 Å². The lowest BCUT2D eigenvalue weighted by atomic mass is 10.1. The molecule has 0 aliphatic rings. The topological polar surface area (TPSA) is 29.1 Å². The van der Waals surface area contributed by atoms with Crippen molar-refractivity contribution >= 4 is 66.7 Å². The first-order chi connectivity index (χ1) is 9.38. The Morgan fingerprint density at radius 1 is 1.10 bits per heavy atom. The Kier molecular flexibility index (Phi) is 5.13. The van der Waals surface area contributed by atoms with Crippen LogP contribution >= 0.6 is 55.1 Å². The molecule has 1 N–H and O–H groups in total. The Labute approximate surface area is 143 Å². The van der Waals surface area contributed by atoms with Gasteiger partial charge in [0.05, 0.1) is 15.7 Å². The highest BCUT2D eigenvalue weighted by atomic mass is 79.9. The zero-order chi connectivity index (χ0) is 14.9. The van der Waals surface area contributed by atoms with E-state index in [0.717, 1.165) is 14.5 Å². The minimum absolute atomic E-state index is 0.267. The Balaban J connectivity index is 2.30. The minimum atomic E-state index is -0.267. The van der Waals surface area contributed by atoms with Gasteiger partial charge in [0.1, 0.15) is 0 Å². The van der Waals surface area contributed by atoms with E-state index < -0.39 is 0 Å². The van der Waals surface area contributed by atoms with Crippen LogP contribution in [0.25, 0.3) is 0 Å². The summed E-state index contributed by atoms with van der Waals surface area (Å²) in [5.41, 5.74) is 1.98. The van der Waals surface area contributed by atoms with Crippen LogP contribution in [0, 0.1) is 6.92 Å². The maximum atomic E-state index is 12.2. The van der Waals surface area contributed by atoms with Gasteiger partial charge in [0.15, 0.2) is 0 Å². The molecule has 2 aromatic carbocycles. The van der Waals surface area contributed by atoms with Crippen LogP contribution in [0.2, 0.25) is 10.0 Å². The van der Waals surface area contributed by atoms with Crippen LogP contribution in [0.1, 0.15) is 15.9 Å². The van der Waals surface area contributed by atoms with Crippen molar-refractivity contribution < 1.29 is 4.79 Å². The number of hydrogen-bond acceptors (Lipinski definition) is 1. The van der Waals surface area contributed by atoms with E-state index in [0.29, 0.717) is 21.3 Å². The predicted molar refractivity (Wildman–Crippen MR) is 91.0 cm³/mol. The van der Waals surface area contributed by atoms with E-state index in [2.05, 4.69) is 37.2 Å². The third kappa shape index (κ3) is 3.55. The smallest absolute Gasteiger partial charge is 0.255 e. The average molecular weight is 438 g/mol. The van der Waals surface area contributed by atoms with Crippen molar-refractivity contribution in [2.24, 2.45) is 0 Å². The number of carbonyl (C=O) groups is 1. The highest BCUT2D eigenvalue weighted by Gasteiger charge is 2.13. The molecular weight excluding hydrogens is 429 g/mol. The third-order valence-electron chi connectivity index (χ3n) is 2.68. The fourth-order valence-corrected chi connectivity index (χ4v) is 3.26. The van der Waals surface area contributed by atoms with Crippen molar-refractivity contribution in [2.45, 2.75) is 6.92 Å². The molecule has 0 atom stereocenters. The monoisotopic (exact) mass is 435 g/mol. The van der Waals surface area contributed by atoms with E-state index in [-0.39, 0.29) is 5.91 Å². The van der Waals surface area contributed by atoms with Crippen molar-refractivity contribution in [3.63, 3.8) is 0 Å². The van der Waals surface area contributed by atoms with Gasteiger partial charge in [0.25, 0.3) is 5.91 Å². The standard InChI is InChI=1S/C14H9Br2Cl2NO/c1-7-2-3-8(4-10(7)16)14(20)19-13-11(17)5-9(15)6-12(13)18/h2-6H,1H3,(H,19,20). The molecule has 20 heavy (non-hydrogen) atoms. The molecule has 0 spiro atoms. The molecule has 2 rings (SSSR count). The Bertz CT molecular complexity index is 666. The molecule has 0 aliphatic carbocycles. The van der Waals surface area contributed by atoms with E-state index in [1.165, 1.54) is 0 Å². The van der Waals surface area contributed by atoms with E-state index in [4.69, 9.17) is 23.2 Å². The van der Waals surface area contributed by atoms with E-state index >= 15 is 0 Å². The Hall–Kier alpha value is -0.550. The summed E-state index contributed by atoms with van der Waals surface area (Å²) in [7, 11) is 0. The summed E-state index contributed by atoms with van der Waals surface area (Å²) in [4.78, 5) is 12.2. The van der Waals surface area contributed by atoms with Gasteiger partial charge in [-0.1, -0.05) is 61.1 Å². The summed E-state index contributed by atoms with van der Waals surface area (Å²) in [6.45, 7) is 1.95. The molecule has 6 heteroatoms. The summed E-state index contributed by atoms with van der Waals surface area (Å²) >= 11 is 18.9. The third-order valence-corrected chi connectivity index (χ3v) is 4.59. The number of rotatable bonds is 2. The van der Waals surface area contributed by atoms with Crippen molar-refractivity contribution in [1.82, 2.24) is 0 Å². The fraction of sp³-hybridized carbons (Fsp3) is 0.0714. The van der Waals surface area contributed by atoms with Crippen molar-refractivity contribution in [3.8, 4) is 0 Å². The number of anilines is 1. The highest BCUT2D eigenvalue weighted by molar-refractivity contribution is 9.10. The van der Waals surface area contributed by atoms with Gasteiger partial charge < -0.3 is 5.32 Å². The molecule has 0 saturated carbocycles. The van der Waals surface area contributed by atoms with Crippen molar-refractivity contribution in [3.05, 3.63) is 60.4 Å². The SMILES string of the molecule is Cc1ccc(C(=O)Nc2c(Cl)cc(Br)cc2Cl)cc1Br. The summed E-state index contributed by atoms with van der Waals surface area (Å²) in [5, 5.41) is 3.48. The van der Waals surface area contributed by atoms with Gasteiger partial charge in [-0.3, -0.25) is 4.79 Å². The molecular formula is C14H9Br2Cl2NO. The number of aryl methyl sites for hydroxylation is 1. The van der Waals surface area contributed by atoms with Crippen LogP contribution in [-0.2, 0) is 0 Å². The molecule has 0 fully saturated rings. The number of halogens is 4. The van der Waals surface area contributed by atoms with Crippen LogP contribution < -0.4 is 5.32 Å². The lowest BCUT2D eigenvalue weighted by Gasteiger charge is -2.10. The molecule has 0 unspecified atom stereocenters. The van der Waals surface area contributed by atoms with Crippen LogP contribution in [-0.4, -0.2) is 5.91 Å². The quantitative estimate of drug-likeness (QED) is 0.606. The summed E-state index contributed by atoms with van der Waals surface area (Å²) in [6, 6.07) is 8.72. The van der Waals surface area contributed by atoms with Crippen molar-refractivity contribution in [1.29, 1.82) is 0 Å². The van der Waals surface area contributed by atoms with Gasteiger partial charge in [0.2, 0.25) is 0 Å². The van der Waals surface area contributed by atoms with Crippen molar-refractivity contribution in [2.75, 3.05) is 5.32 Å². The molecule has 0 bridgehead atoms. The first-order valence-electron chi connectivity index (χ1n) is 5.60. The summed E-state index contributed by atoms with van der Waals surface area (Å²) in [5.74, 6) is -0.267. The number of hydrogen-bond donors (Lipinski definition) is 1. The van der Waals surface area contributed by atoms with Crippen LogP contribution in [0.15, 0.2) is 39.3 Å². The predicted octanol–water partition coefficient (Wildman–Crippen LogP) is 6.08. The average Bonchev–Trinajstić information content (AvgIpc) is 2.36. The number of amides is 1. The largest absolute Gasteiger partial charge is 0.319 e. The second-order valence-electron chi connectivity index (χ2n) is 4.16. The number of carbonyl (C=O) groups excluding carboxylic acids is 1. The minimum Gasteiger partial charge on any atom is -0.319 e. The fourth-order valence-electron chi connectivity index (χ4n) is 1.58. The normalized spacial score (nSPS) is 10.4. The maximum absolute atomic E-state index is 12.2. The molecule has 1 amide bonds. The maximum Gasteiger partial charge on any atom is 0.255 e. The van der Waals surface area contributed by atoms with Gasteiger partial charge in [-0.2, -0.15) is 0 Å². The van der Waals surface area contributed by atoms with E-state index in [1.807, 2.05) is 13.0 Å². The van der Waals surface area contributed by atoms with Crippen LogP contribution in [0.5, 0.6) is 0 Å². The van der Waals surface area contributed by atoms with Gasteiger partial charge in [-0.15, -0.1) is 0 Å². The molecule has 2 aromatic rings. The molecule has 0 saturated heterocycles. The molecule has 0 aromatic heterocycles. The summed E-state index contributed by atoms with van der Waals surface area (Å²) < 4.78 is 1.63. The highest BCUT2D eigenvalue weighted by Crippen LogP contribution is 2.34. The second kappa shape index (κ2) is 6.48. The van der Waals surface area contributed by atoms with Gasteiger partial charge in [0, 0.05) is 14.5 Å². The summed E-state index contributed by atoms with van der Waals surface area (Å²) in [6.07, 6.45) is 0. The van der Waals surface area contributed by atoms with Crippen LogP contribution in [0.3, 0.4) is 0 Å². The number of nitrogens with one attached hydrogen (secondary N) is 1. The lowest BCUT2D eigenvalue weighted by molar-refractivity contribution is 0.102. The zero-order valence-electron chi connectivity index (χ0n) is 10.3. The zero-order valence-corrected chi connectivity index (χ0v) is 15.0. The number of benzene rings is 2.